The zero-order valence-electron chi connectivity index (χ0n) is 18.1. The highest BCUT2D eigenvalue weighted by atomic mass is 32.2. The molecule has 9 nitrogen and oxygen atoms in total. The number of phenols is 1. The van der Waals surface area contributed by atoms with Crippen molar-refractivity contribution in [2.24, 2.45) is 5.73 Å². The standard InChI is InChI=1S/C16H19N3O5S.C4H12N/c1-16(2)11(15(23)24)19-13(22)10(14(19)25-16)18-12(21)9(17)7-3-5-8(20)6-4-7;1-5(2,3)4/h3-6,9-11,14,20H,17H2,1-2H3,(H,18,21)(H,23,24);1-4H3/q;+1/p-1/t9?,10-,11+,14-;/m1./s1. The first-order valence-electron chi connectivity index (χ1n) is 9.48. The number of phenolic OH excluding ortho intramolecular Hbond substituents is 1. The fourth-order valence-electron chi connectivity index (χ4n) is 3.20. The first-order valence-corrected chi connectivity index (χ1v) is 10.4. The van der Waals surface area contributed by atoms with Crippen LogP contribution < -0.4 is 16.2 Å². The molecule has 2 saturated heterocycles. The van der Waals surface area contributed by atoms with Gasteiger partial charge in [-0.25, -0.2) is 0 Å². The van der Waals surface area contributed by atoms with Crippen LogP contribution in [0.25, 0.3) is 0 Å². The first-order chi connectivity index (χ1) is 13.6. The van der Waals surface area contributed by atoms with E-state index in [1.54, 1.807) is 13.8 Å². The zero-order chi connectivity index (χ0) is 23.0. The number of amides is 2. The topological polar surface area (TPSA) is 136 Å². The van der Waals surface area contributed by atoms with E-state index < -0.39 is 46.0 Å². The van der Waals surface area contributed by atoms with E-state index in [0.717, 1.165) is 4.48 Å². The molecule has 4 atom stereocenters. The first kappa shape index (κ1) is 24.0. The van der Waals surface area contributed by atoms with Crippen molar-refractivity contribution in [3.05, 3.63) is 29.8 Å². The van der Waals surface area contributed by atoms with Gasteiger partial charge in [0.1, 0.15) is 23.2 Å². The molecule has 30 heavy (non-hydrogen) atoms. The summed E-state index contributed by atoms with van der Waals surface area (Å²) in [5, 5.41) is 22.8. The van der Waals surface area contributed by atoms with Crippen LogP contribution in [0.5, 0.6) is 5.75 Å². The van der Waals surface area contributed by atoms with Crippen molar-refractivity contribution >= 4 is 29.5 Å². The molecule has 0 radical (unpaired) electrons. The average molecular weight is 439 g/mol. The Bertz CT molecular complexity index is 815. The van der Waals surface area contributed by atoms with Crippen LogP contribution in [0, 0.1) is 0 Å². The number of thioether (sulfide) groups is 1. The van der Waals surface area contributed by atoms with Gasteiger partial charge in [0.05, 0.1) is 40.2 Å². The Kier molecular flexibility index (Phi) is 6.75. The number of benzene rings is 1. The number of quaternary nitrogens is 1. The van der Waals surface area contributed by atoms with Gasteiger partial charge in [0.2, 0.25) is 11.8 Å². The summed E-state index contributed by atoms with van der Waals surface area (Å²) < 4.78 is 0.289. The van der Waals surface area contributed by atoms with E-state index in [1.165, 1.54) is 40.9 Å². The Morgan fingerprint density at radius 3 is 2.20 bits per heavy atom. The van der Waals surface area contributed by atoms with Crippen LogP contribution in [0.3, 0.4) is 0 Å². The van der Waals surface area contributed by atoms with Crippen LogP contribution in [0.15, 0.2) is 24.3 Å². The van der Waals surface area contributed by atoms with Gasteiger partial charge in [0.15, 0.2) is 0 Å². The number of carboxylic acid groups (broad SMARTS) is 1. The Morgan fingerprint density at radius 1 is 1.23 bits per heavy atom. The largest absolute Gasteiger partial charge is 0.548 e. The maximum absolute atomic E-state index is 12.3. The van der Waals surface area contributed by atoms with E-state index >= 15 is 0 Å². The Balaban J connectivity index is 0.000000575. The molecule has 2 aliphatic heterocycles. The molecule has 0 spiro atoms. The summed E-state index contributed by atoms with van der Waals surface area (Å²) in [7, 11) is 8.50. The molecule has 0 bridgehead atoms. The van der Waals surface area contributed by atoms with Gasteiger partial charge < -0.3 is 35.4 Å². The van der Waals surface area contributed by atoms with E-state index in [2.05, 4.69) is 33.5 Å². The number of nitrogens with two attached hydrogens (primary N) is 1. The SMILES string of the molecule is CC1(C)S[C@@H]2[C@H](NC(=O)C(N)c3ccc(O)cc3)C(=O)N2[C@H]1C(=O)[O-].C[N+](C)(C)C. The Labute approximate surface area is 180 Å². The summed E-state index contributed by atoms with van der Waals surface area (Å²) in [5.41, 5.74) is 6.39. The van der Waals surface area contributed by atoms with Crippen molar-refractivity contribution in [3.8, 4) is 5.75 Å². The molecular formula is C20H30N4O5S. The van der Waals surface area contributed by atoms with E-state index in [-0.39, 0.29) is 5.75 Å². The number of hydrogen-bond donors (Lipinski definition) is 3. The number of hydrogen-bond acceptors (Lipinski definition) is 7. The van der Waals surface area contributed by atoms with Crippen LogP contribution in [-0.4, -0.2) is 82.7 Å². The minimum absolute atomic E-state index is 0.0547. The predicted octanol–water partition coefficient (Wildman–Crippen LogP) is -0.989. The van der Waals surface area contributed by atoms with Crippen LogP contribution in [0.4, 0.5) is 0 Å². The lowest BCUT2D eigenvalue weighted by Gasteiger charge is -2.45. The van der Waals surface area contributed by atoms with Gasteiger partial charge in [0, 0.05) is 4.75 Å². The maximum atomic E-state index is 12.3. The molecule has 166 valence electrons. The Hall–Kier alpha value is -2.30. The molecule has 2 heterocycles. The molecule has 2 fully saturated rings. The van der Waals surface area contributed by atoms with Gasteiger partial charge in [-0.15, -0.1) is 11.8 Å². The number of rotatable bonds is 4. The second kappa shape index (κ2) is 8.44. The minimum atomic E-state index is -1.31. The van der Waals surface area contributed by atoms with Gasteiger partial charge in [0.25, 0.3) is 0 Å². The number of carbonyl (C=O) groups excluding carboxylic acids is 3. The lowest BCUT2D eigenvalue weighted by molar-refractivity contribution is -0.849. The molecule has 0 saturated carbocycles. The number of aliphatic carboxylic acids is 1. The van der Waals surface area contributed by atoms with Crippen LogP contribution in [0.2, 0.25) is 0 Å². The fourth-order valence-corrected chi connectivity index (χ4v) is 4.82. The number of nitrogens with zero attached hydrogens (tertiary/aromatic N) is 2. The number of β-lactam (4-membered cyclic amide) rings is 1. The third kappa shape index (κ3) is 5.24. The normalized spacial score (nSPS) is 25.4. The van der Waals surface area contributed by atoms with Crippen LogP contribution in [0.1, 0.15) is 25.5 Å². The molecular weight excluding hydrogens is 408 g/mol. The molecule has 2 aliphatic rings. The molecule has 4 N–H and O–H groups in total. The highest BCUT2D eigenvalue weighted by Gasteiger charge is 2.62. The second-order valence-corrected chi connectivity index (χ2v) is 11.1. The average Bonchev–Trinajstić information content (AvgIpc) is 2.86. The van der Waals surface area contributed by atoms with E-state index in [4.69, 9.17) is 5.73 Å². The highest BCUT2D eigenvalue weighted by molar-refractivity contribution is 8.01. The molecule has 1 aromatic carbocycles. The molecule has 10 heteroatoms. The summed E-state index contributed by atoms with van der Waals surface area (Å²) in [4.78, 5) is 37.3. The molecule has 3 rings (SSSR count). The third-order valence-corrected chi connectivity index (χ3v) is 6.07. The number of nitrogens with one attached hydrogen (secondary N) is 1. The zero-order valence-corrected chi connectivity index (χ0v) is 18.9. The lowest BCUT2D eigenvalue weighted by Crippen LogP contribution is -2.72. The number of carbonyl (C=O) groups is 3. The van der Waals surface area contributed by atoms with Crippen molar-refractivity contribution in [2.45, 2.75) is 42.1 Å². The summed E-state index contributed by atoms with van der Waals surface area (Å²) in [6.45, 7) is 3.45. The Morgan fingerprint density at radius 2 is 1.73 bits per heavy atom. The van der Waals surface area contributed by atoms with Crippen LogP contribution in [-0.2, 0) is 14.4 Å². The number of carboxylic acids is 1. The van der Waals surface area contributed by atoms with Gasteiger partial charge in [-0.1, -0.05) is 12.1 Å². The molecule has 1 aromatic rings. The predicted molar refractivity (Wildman–Crippen MR) is 112 cm³/mol. The molecule has 2 amide bonds. The van der Waals surface area contributed by atoms with Gasteiger partial charge in [-0.05, 0) is 31.5 Å². The fraction of sp³-hybridized carbons (Fsp3) is 0.550. The molecule has 0 aromatic heterocycles. The van der Waals surface area contributed by atoms with Crippen molar-refractivity contribution in [1.29, 1.82) is 0 Å². The monoisotopic (exact) mass is 438 g/mol. The number of aromatic hydroxyl groups is 1. The van der Waals surface area contributed by atoms with Crippen molar-refractivity contribution in [2.75, 3.05) is 28.2 Å². The van der Waals surface area contributed by atoms with E-state index in [0.29, 0.717) is 5.56 Å². The maximum Gasteiger partial charge on any atom is 0.249 e. The highest BCUT2D eigenvalue weighted by Crippen LogP contribution is 2.50. The van der Waals surface area contributed by atoms with Crippen molar-refractivity contribution in [1.82, 2.24) is 10.2 Å². The second-order valence-electron chi connectivity index (χ2n) is 9.32. The van der Waals surface area contributed by atoms with Gasteiger partial charge in [-0.3, -0.25) is 9.59 Å². The van der Waals surface area contributed by atoms with Crippen molar-refractivity contribution < 1.29 is 29.1 Å². The van der Waals surface area contributed by atoms with E-state index in [1.807, 2.05) is 0 Å². The quantitative estimate of drug-likeness (QED) is 0.406. The smallest absolute Gasteiger partial charge is 0.249 e. The van der Waals surface area contributed by atoms with Gasteiger partial charge in [-0.2, -0.15) is 0 Å². The summed E-state index contributed by atoms with van der Waals surface area (Å²) in [5.74, 6) is -2.25. The minimum Gasteiger partial charge on any atom is -0.548 e. The number of fused-ring (bicyclic) bond motifs is 1. The third-order valence-electron chi connectivity index (χ3n) is 4.50. The summed E-state index contributed by atoms with van der Waals surface area (Å²) in [6.07, 6.45) is 0. The molecule has 0 aliphatic carbocycles. The van der Waals surface area contributed by atoms with Crippen LogP contribution >= 0.6 is 11.8 Å². The van der Waals surface area contributed by atoms with Crippen molar-refractivity contribution in [3.63, 3.8) is 0 Å². The lowest BCUT2D eigenvalue weighted by atomic mass is 9.95. The van der Waals surface area contributed by atoms with Gasteiger partial charge >= 0.3 is 0 Å². The summed E-state index contributed by atoms with van der Waals surface area (Å²) >= 11 is 1.31. The molecule has 1 unspecified atom stereocenters. The summed E-state index contributed by atoms with van der Waals surface area (Å²) in [6, 6.07) is 3.02. The van der Waals surface area contributed by atoms with E-state index in [9.17, 15) is 24.6 Å².